The van der Waals surface area contributed by atoms with Crippen LogP contribution in [0.15, 0.2) is 6.07 Å². The van der Waals surface area contributed by atoms with Gasteiger partial charge in [0.2, 0.25) is 5.91 Å². The van der Waals surface area contributed by atoms with Gasteiger partial charge < -0.3 is 10.2 Å². The maximum atomic E-state index is 12.1. The molecule has 1 aliphatic rings. The molecule has 116 valence electrons. The second-order valence-electron chi connectivity index (χ2n) is 5.60. The molecule has 1 amide bonds. The fourth-order valence-electron chi connectivity index (χ4n) is 2.57. The Balaban J connectivity index is 1.92. The minimum absolute atomic E-state index is 0.203. The molecule has 6 nitrogen and oxygen atoms in total. The Morgan fingerprint density at radius 3 is 2.76 bits per heavy atom. The lowest BCUT2D eigenvalue weighted by molar-refractivity contribution is -0.131. The number of carbonyl (C=O) groups is 1. The van der Waals surface area contributed by atoms with Gasteiger partial charge in [0.05, 0.1) is 13.1 Å². The number of carbonyl (C=O) groups excluding carboxylic acids is 1. The molecule has 1 aliphatic heterocycles. The van der Waals surface area contributed by atoms with E-state index >= 15 is 0 Å². The number of anilines is 1. The summed E-state index contributed by atoms with van der Waals surface area (Å²) in [6, 6.07) is 1.93. The van der Waals surface area contributed by atoms with Crippen molar-refractivity contribution in [3.63, 3.8) is 0 Å². The average Bonchev–Trinajstić information content (AvgIpc) is 2.91. The molecule has 0 radical (unpaired) electrons. The topological polar surface area (TPSA) is 61.4 Å². The average molecular weight is 291 g/mol. The van der Waals surface area contributed by atoms with Crippen LogP contribution in [0.5, 0.6) is 0 Å². The summed E-state index contributed by atoms with van der Waals surface area (Å²) < 4.78 is 0. The lowest BCUT2D eigenvalue weighted by atomic mass is 10.4. The number of nitrogens with one attached hydrogen (secondary N) is 1. The minimum Gasteiger partial charge on any atom is -0.370 e. The van der Waals surface area contributed by atoms with Crippen LogP contribution < -0.4 is 5.32 Å². The smallest absolute Gasteiger partial charge is 0.236 e. The van der Waals surface area contributed by atoms with E-state index in [0.29, 0.717) is 13.1 Å². The first-order valence-corrected chi connectivity index (χ1v) is 7.63. The molecule has 0 unspecified atom stereocenters. The van der Waals surface area contributed by atoms with Crippen LogP contribution in [0.2, 0.25) is 0 Å². The van der Waals surface area contributed by atoms with E-state index in [2.05, 4.69) is 15.3 Å². The van der Waals surface area contributed by atoms with Gasteiger partial charge in [0, 0.05) is 31.4 Å². The molecule has 0 atom stereocenters. The molecule has 0 bridgehead atoms. The van der Waals surface area contributed by atoms with Crippen molar-refractivity contribution < 1.29 is 4.79 Å². The second-order valence-corrected chi connectivity index (χ2v) is 5.60. The highest BCUT2D eigenvalue weighted by atomic mass is 16.2. The van der Waals surface area contributed by atoms with E-state index in [9.17, 15) is 4.79 Å². The highest BCUT2D eigenvalue weighted by Gasteiger charge is 2.19. The summed E-state index contributed by atoms with van der Waals surface area (Å²) in [6.45, 7) is 7.64. The molecular formula is C15H25N5O. The Morgan fingerprint density at radius 1 is 1.38 bits per heavy atom. The standard InChI is InChI=1S/C15H25N5O/c1-4-16-13-9-12(2)17-14(18-13)10-19(3)11-15(21)20-7-5-6-8-20/h9H,4-8,10-11H2,1-3H3,(H,16,17,18). The van der Waals surface area contributed by atoms with E-state index in [1.165, 1.54) is 0 Å². The fraction of sp³-hybridized carbons (Fsp3) is 0.667. The number of aryl methyl sites for hydroxylation is 1. The van der Waals surface area contributed by atoms with Crippen LogP contribution in [0, 0.1) is 6.92 Å². The maximum Gasteiger partial charge on any atom is 0.236 e. The number of likely N-dealkylation sites (tertiary alicyclic amines) is 1. The largest absolute Gasteiger partial charge is 0.370 e. The van der Waals surface area contributed by atoms with Crippen molar-refractivity contribution in [2.45, 2.75) is 33.2 Å². The Labute approximate surface area is 126 Å². The van der Waals surface area contributed by atoms with Crippen LogP contribution >= 0.6 is 0 Å². The first-order valence-electron chi connectivity index (χ1n) is 7.63. The van der Waals surface area contributed by atoms with Crippen molar-refractivity contribution >= 4 is 11.7 Å². The van der Waals surface area contributed by atoms with Gasteiger partial charge in [0.25, 0.3) is 0 Å². The summed E-state index contributed by atoms with van der Waals surface area (Å²) >= 11 is 0. The maximum absolute atomic E-state index is 12.1. The van der Waals surface area contributed by atoms with Gasteiger partial charge in [-0.15, -0.1) is 0 Å². The zero-order valence-corrected chi connectivity index (χ0v) is 13.2. The Kier molecular flexibility index (Phi) is 5.50. The highest BCUT2D eigenvalue weighted by molar-refractivity contribution is 5.78. The van der Waals surface area contributed by atoms with Crippen LogP contribution in [0.3, 0.4) is 0 Å². The van der Waals surface area contributed by atoms with Crippen molar-refractivity contribution in [3.8, 4) is 0 Å². The van der Waals surface area contributed by atoms with Crippen LogP contribution in [-0.2, 0) is 11.3 Å². The predicted octanol–water partition coefficient (Wildman–Crippen LogP) is 1.27. The zero-order valence-electron chi connectivity index (χ0n) is 13.2. The lowest BCUT2D eigenvalue weighted by Gasteiger charge is -2.20. The van der Waals surface area contributed by atoms with Gasteiger partial charge in [-0.25, -0.2) is 9.97 Å². The normalized spacial score (nSPS) is 14.8. The molecule has 1 aromatic rings. The number of nitrogens with zero attached hydrogens (tertiary/aromatic N) is 4. The summed E-state index contributed by atoms with van der Waals surface area (Å²) in [4.78, 5) is 25.0. The third-order valence-electron chi connectivity index (χ3n) is 3.53. The Bertz CT molecular complexity index is 485. The Morgan fingerprint density at radius 2 is 2.10 bits per heavy atom. The molecule has 2 rings (SSSR count). The summed E-state index contributed by atoms with van der Waals surface area (Å²) in [7, 11) is 1.94. The third kappa shape index (κ3) is 4.67. The van der Waals surface area contributed by atoms with Gasteiger partial charge in [0.15, 0.2) is 0 Å². The molecule has 1 aromatic heterocycles. The van der Waals surface area contributed by atoms with E-state index in [1.54, 1.807) is 0 Å². The van der Waals surface area contributed by atoms with E-state index in [1.807, 2.05) is 36.8 Å². The molecule has 6 heteroatoms. The van der Waals surface area contributed by atoms with E-state index in [-0.39, 0.29) is 5.91 Å². The Hall–Kier alpha value is -1.69. The number of rotatable bonds is 6. The number of hydrogen-bond donors (Lipinski definition) is 1. The summed E-state index contributed by atoms with van der Waals surface area (Å²) in [5.74, 6) is 1.80. The van der Waals surface area contributed by atoms with Gasteiger partial charge in [-0.3, -0.25) is 9.69 Å². The van der Waals surface area contributed by atoms with Gasteiger partial charge in [-0.1, -0.05) is 0 Å². The van der Waals surface area contributed by atoms with Crippen molar-refractivity contribution in [2.24, 2.45) is 0 Å². The highest BCUT2D eigenvalue weighted by Crippen LogP contribution is 2.10. The first-order chi connectivity index (χ1) is 10.1. The van der Waals surface area contributed by atoms with Crippen LogP contribution in [0.4, 0.5) is 5.82 Å². The first kappa shape index (κ1) is 15.7. The predicted molar refractivity (Wildman–Crippen MR) is 83.1 cm³/mol. The van der Waals surface area contributed by atoms with Crippen molar-refractivity contribution in [1.29, 1.82) is 0 Å². The number of likely N-dealkylation sites (N-methyl/N-ethyl adjacent to an activating group) is 1. The summed E-state index contributed by atoms with van der Waals surface area (Å²) in [5.41, 5.74) is 0.940. The van der Waals surface area contributed by atoms with Crippen LogP contribution in [0.1, 0.15) is 31.3 Å². The van der Waals surface area contributed by atoms with Crippen LogP contribution in [-0.4, -0.2) is 58.9 Å². The van der Waals surface area contributed by atoms with E-state index in [4.69, 9.17) is 0 Å². The molecule has 1 fully saturated rings. The van der Waals surface area contributed by atoms with Crippen molar-refractivity contribution in [3.05, 3.63) is 17.6 Å². The number of aromatic nitrogens is 2. The number of amides is 1. The number of hydrogen-bond acceptors (Lipinski definition) is 5. The molecule has 0 saturated carbocycles. The van der Waals surface area contributed by atoms with Crippen molar-refractivity contribution in [1.82, 2.24) is 19.8 Å². The van der Waals surface area contributed by atoms with Crippen molar-refractivity contribution in [2.75, 3.05) is 38.5 Å². The van der Waals surface area contributed by atoms with Gasteiger partial charge in [-0.2, -0.15) is 0 Å². The van der Waals surface area contributed by atoms with Gasteiger partial charge >= 0.3 is 0 Å². The van der Waals surface area contributed by atoms with Gasteiger partial charge in [-0.05, 0) is 33.7 Å². The molecule has 0 spiro atoms. The fourth-order valence-corrected chi connectivity index (χ4v) is 2.57. The molecular weight excluding hydrogens is 266 g/mol. The van der Waals surface area contributed by atoms with E-state index in [0.717, 1.165) is 49.8 Å². The monoisotopic (exact) mass is 291 g/mol. The van der Waals surface area contributed by atoms with Gasteiger partial charge in [0.1, 0.15) is 11.6 Å². The lowest BCUT2D eigenvalue weighted by Crippen LogP contribution is -2.37. The molecule has 21 heavy (non-hydrogen) atoms. The minimum atomic E-state index is 0.203. The SMILES string of the molecule is CCNc1cc(C)nc(CN(C)CC(=O)N2CCCC2)n1. The summed E-state index contributed by atoms with van der Waals surface area (Å²) in [6.07, 6.45) is 2.25. The second kappa shape index (κ2) is 7.36. The van der Waals surface area contributed by atoms with Crippen LogP contribution in [0.25, 0.3) is 0 Å². The zero-order chi connectivity index (χ0) is 15.2. The molecule has 2 heterocycles. The molecule has 1 saturated heterocycles. The molecule has 0 aromatic carbocycles. The summed E-state index contributed by atoms with van der Waals surface area (Å²) in [5, 5.41) is 3.20. The van der Waals surface area contributed by atoms with E-state index < -0.39 is 0 Å². The quantitative estimate of drug-likeness (QED) is 0.855. The molecule has 1 N–H and O–H groups in total. The molecule has 0 aliphatic carbocycles. The third-order valence-corrected chi connectivity index (χ3v) is 3.53.